The van der Waals surface area contributed by atoms with Crippen molar-refractivity contribution in [2.24, 2.45) is 0 Å². The lowest BCUT2D eigenvalue weighted by Crippen LogP contribution is -2.33. The van der Waals surface area contributed by atoms with Crippen LogP contribution >= 0.6 is 0 Å². The highest BCUT2D eigenvalue weighted by atomic mass is 16.6. The van der Waals surface area contributed by atoms with Crippen LogP contribution in [0.15, 0.2) is 12.2 Å². The van der Waals surface area contributed by atoms with Crippen LogP contribution in [0.1, 0.15) is 90.4 Å². The summed E-state index contributed by atoms with van der Waals surface area (Å²) in [6.45, 7) is 10.8. The molecule has 1 aliphatic heterocycles. The molecule has 1 rings (SSSR count). The Balaban J connectivity index is 1.62. The number of carbonyl (C=O) groups excluding carboxylic acids is 2. The number of rotatable bonds is 38. The molecule has 0 N–H and O–H groups in total. The number of amides is 2. The van der Waals surface area contributed by atoms with Crippen LogP contribution in [-0.2, 0) is 47.5 Å². The maximum atomic E-state index is 11.4. The third-order valence-corrected chi connectivity index (χ3v) is 7.36. The number of nitrogens with zero attached hydrogens (tertiary/aromatic N) is 1. The maximum absolute atomic E-state index is 11.4. The molecule has 0 atom stereocenters. The Morgan fingerprint density at radius 3 is 0.957 bits per heavy atom. The van der Waals surface area contributed by atoms with Gasteiger partial charge in [0.05, 0.1) is 106 Å². The van der Waals surface area contributed by atoms with Crippen molar-refractivity contribution < 1.29 is 47.5 Å². The Morgan fingerprint density at radius 2 is 0.630 bits per heavy atom. The molecule has 46 heavy (non-hydrogen) atoms. The molecule has 0 radical (unpaired) electrons. The van der Waals surface area contributed by atoms with Crippen molar-refractivity contribution >= 4 is 11.8 Å². The Morgan fingerprint density at radius 1 is 0.370 bits per heavy atom. The first-order valence-electron chi connectivity index (χ1n) is 17.9. The summed E-state index contributed by atoms with van der Waals surface area (Å²) in [4.78, 5) is 24.0. The van der Waals surface area contributed by atoms with E-state index in [1.165, 1.54) is 89.2 Å². The molecular weight excluding hydrogens is 594 g/mol. The van der Waals surface area contributed by atoms with Crippen molar-refractivity contribution in [1.29, 1.82) is 0 Å². The van der Waals surface area contributed by atoms with E-state index in [1.54, 1.807) is 0 Å². The van der Waals surface area contributed by atoms with Gasteiger partial charge in [-0.25, -0.2) is 0 Å². The maximum Gasteiger partial charge on any atom is 0.253 e. The van der Waals surface area contributed by atoms with Gasteiger partial charge in [0.1, 0.15) is 0 Å². The van der Waals surface area contributed by atoms with Crippen molar-refractivity contribution in [2.75, 3.05) is 112 Å². The van der Waals surface area contributed by atoms with Crippen molar-refractivity contribution in [1.82, 2.24) is 4.90 Å². The highest BCUT2D eigenvalue weighted by molar-refractivity contribution is 6.12. The minimum absolute atomic E-state index is 0.248. The quantitative estimate of drug-likeness (QED) is 0.0653. The van der Waals surface area contributed by atoms with Crippen LogP contribution in [0.3, 0.4) is 0 Å². The van der Waals surface area contributed by atoms with E-state index >= 15 is 0 Å². The van der Waals surface area contributed by atoms with Gasteiger partial charge in [-0.3, -0.25) is 14.5 Å². The van der Waals surface area contributed by atoms with Crippen LogP contribution in [0, 0.1) is 0 Å². The molecule has 0 aromatic rings. The van der Waals surface area contributed by atoms with Crippen LogP contribution < -0.4 is 0 Å². The predicted octanol–water partition coefficient (Wildman–Crippen LogP) is 5.14. The second-order valence-electron chi connectivity index (χ2n) is 11.3. The Bertz CT molecular complexity index is 691. The Labute approximate surface area is 278 Å². The molecule has 0 aromatic heterocycles. The van der Waals surface area contributed by atoms with Crippen LogP contribution in [0.25, 0.3) is 0 Å². The number of unbranched alkanes of at least 4 members (excludes halogenated alkanes) is 12. The highest BCUT2D eigenvalue weighted by Gasteiger charge is 2.22. The third-order valence-electron chi connectivity index (χ3n) is 7.36. The average molecular weight is 660 g/mol. The molecule has 0 bridgehead atoms. The molecule has 11 heteroatoms. The zero-order chi connectivity index (χ0) is 33.0. The normalized spacial score (nSPS) is 13.1. The monoisotopic (exact) mass is 659 g/mol. The molecule has 0 spiro atoms. The van der Waals surface area contributed by atoms with Gasteiger partial charge in [-0.1, -0.05) is 84.0 Å². The molecule has 1 aliphatic rings. The smallest absolute Gasteiger partial charge is 0.253 e. The number of hydrogen-bond acceptors (Lipinski definition) is 10. The average Bonchev–Trinajstić information content (AvgIpc) is 3.38. The van der Waals surface area contributed by atoms with Crippen LogP contribution in [0.2, 0.25) is 0 Å². The molecule has 2 amide bonds. The molecule has 0 unspecified atom stereocenters. The van der Waals surface area contributed by atoms with E-state index in [0.29, 0.717) is 92.5 Å². The summed E-state index contributed by atoms with van der Waals surface area (Å²) in [6, 6.07) is 0. The van der Waals surface area contributed by atoms with Gasteiger partial charge in [-0.15, -0.1) is 0 Å². The van der Waals surface area contributed by atoms with E-state index in [0.717, 1.165) is 17.9 Å². The lowest BCUT2D eigenvalue weighted by Gasteiger charge is -2.13. The summed E-state index contributed by atoms with van der Waals surface area (Å²) in [5.41, 5.74) is 0. The largest absolute Gasteiger partial charge is 0.379 e. The SMILES string of the molecule is CCCCCCCCCCCCCCCOCCOCCOCCOCCOCCOCCOCCOCCN1C(=O)C=CC1=O. The molecule has 0 saturated heterocycles. The van der Waals surface area contributed by atoms with Gasteiger partial charge in [0.2, 0.25) is 0 Å². The Kier molecular flexibility index (Phi) is 32.3. The fraction of sp³-hybridized carbons (Fsp3) is 0.886. The molecule has 0 fully saturated rings. The Hall–Kier alpha value is -1.44. The van der Waals surface area contributed by atoms with Gasteiger partial charge >= 0.3 is 0 Å². The van der Waals surface area contributed by atoms with Crippen molar-refractivity contribution in [3.05, 3.63) is 12.2 Å². The van der Waals surface area contributed by atoms with Crippen LogP contribution in [0.5, 0.6) is 0 Å². The van der Waals surface area contributed by atoms with E-state index in [1.807, 2.05) is 0 Å². The van der Waals surface area contributed by atoms with Gasteiger partial charge in [0, 0.05) is 18.8 Å². The second-order valence-corrected chi connectivity index (χ2v) is 11.3. The van der Waals surface area contributed by atoms with Gasteiger partial charge < -0.3 is 37.9 Å². The first-order valence-corrected chi connectivity index (χ1v) is 17.9. The summed E-state index contributed by atoms with van der Waals surface area (Å²) < 4.78 is 43.9. The zero-order valence-electron chi connectivity index (χ0n) is 28.9. The standard InChI is InChI=1S/C35H65NO10/c1-2-3-4-5-6-7-8-9-10-11-12-13-14-18-39-20-22-41-24-26-43-28-30-45-32-33-46-31-29-44-27-25-42-23-21-40-19-17-36-34(37)15-16-35(36)38/h15-16H,2-14,17-33H2,1H3. The molecule has 1 heterocycles. The predicted molar refractivity (Wildman–Crippen MR) is 178 cm³/mol. The first-order chi connectivity index (χ1) is 22.8. The highest BCUT2D eigenvalue weighted by Crippen LogP contribution is 2.12. The minimum Gasteiger partial charge on any atom is -0.379 e. The molecule has 270 valence electrons. The number of ether oxygens (including phenoxy) is 8. The summed E-state index contributed by atoms with van der Waals surface area (Å²) >= 11 is 0. The molecule has 11 nitrogen and oxygen atoms in total. The third kappa shape index (κ3) is 28.8. The second kappa shape index (κ2) is 34.9. The zero-order valence-corrected chi connectivity index (χ0v) is 28.9. The van der Waals surface area contributed by atoms with E-state index in [4.69, 9.17) is 37.9 Å². The summed E-state index contributed by atoms with van der Waals surface area (Å²) in [5.74, 6) is -0.598. The van der Waals surface area contributed by atoms with E-state index in [-0.39, 0.29) is 25.0 Å². The fourth-order valence-corrected chi connectivity index (χ4v) is 4.67. The van der Waals surface area contributed by atoms with E-state index < -0.39 is 0 Å². The topological polar surface area (TPSA) is 111 Å². The van der Waals surface area contributed by atoms with E-state index in [2.05, 4.69) is 6.92 Å². The lowest BCUT2D eigenvalue weighted by atomic mass is 10.0. The lowest BCUT2D eigenvalue weighted by molar-refractivity contribution is -0.137. The van der Waals surface area contributed by atoms with Gasteiger partial charge in [0.25, 0.3) is 11.8 Å². The summed E-state index contributed by atoms with van der Waals surface area (Å²) in [7, 11) is 0. The fourth-order valence-electron chi connectivity index (χ4n) is 4.67. The number of hydrogen-bond donors (Lipinski definition) is 0. The van der Waals surface area contributed by atoms with Gasteiger partial charge in [-0.2, -0.15) is 0 Å². The minimum atomic E-state index is -0.299. The van der Waals surface area contributed by atoms with Gasteiger partial charge in [0.15, 0.2) is 0 Å². The van der Waals surface area contributed by atoms with Crippen LogP contribution in [-0.4, -0.2) is 129 Å². The first kappa shape index (κ1) is 42.6. The van der Waals surface area contributed by atoms with Crippen molar-refractivity contribution in [3.63, 3.8) is 0 Å². The van der Waals surface area contributed by atoms with Crippen LogP contribution in [0.4, 0.5) is 0 Å². The number of imide groups is 1. The van der Waals surface area contributed by atoms with Crippen molar-refractivity contribution in [2.45, 2.75) is 90.4 Å². The molecule has 0 aliphatic carbocycles. The summed E-state index contributed by atoms with van der Waals surface area (Å²) in [5, 5.41) is 0. The van der Waals surface area contributed by atoms with Gasteiger partial charge in [-0.05, 0) is 6.42 Å². The molecule has 0 saturated carbocycles. The molecule has 0 aromatic carbocycles. The summed E-state index contributed by atoms with van der Waals surface area (Å²) in [6.07, 6.45) is 20.3. The number of carbonyl (C=O) groups is 2. The molecular formula is C35H65NO10. The van der Waals surface area contributed by atoms with E-state index in [9.17, 15) is 9.59 Å². The van der Waals surface area contributed by atoms with Crippen molar-refractivity contribution in [3.8, 4) is 0 Å².